The number of piperidine rings is 1. The molecular weight excluding hydrogens is 318 g/mol. The summed E-state index contributed by atoms with van der Waals surface area (Å²) < 4.78 is 5.44. The van der Waals surface area contributed by atoms with Gasteiger partial charge in [0.05, 0.1) is 19.8 Å². The van der Waals surface area contributed by atoms with Gasteiger partial charge in [0.1, 0.15) is 0 Å². The molecule has 0 radical (unpaired) electrons. The number of likely N-dealkylation sites (tertiary alicyclic amines) is 1. The Hall–Kier alpha value is -1.34. The van der Waals surface area contributed by atoms with Gasteiger partial charge in [-0.1, -0.05) is 0 Å². The molecule has 0 aromatic carbocycles. The van der Waals surface area contributed by atoms with Crippen LogP contribution in [0.25, 0.3) is 0 Å². The molecule has 3 fully saturated rings. The van der Waals surface area contributed by atoms with E-state index in [9.17, 15) is 4.79 Å². The molecule has 0 saturated carbocycles. The van der Waals surface area contributed by atoms with Crippen LogP contribution in [0.1, 0.15) is 33.1 Å². The summed E-state index contributed by atoms with van der Waals surface area (Å²) in [6.07, 6.45) is 2.91. The van der Waals surface area contributed by atoms with E-state index in [-0.39, 0.29) is 11.3 Å². The lowest BCUT2D eigenvalue weighted by Gasteiger charge is -2.41. The van der Waals surface area contributed by atoms with Gasteiger partial charge in [0.2, 0.25) is 5.91 Å². The molecule has 7 heteroatoms. The van der Waals surface area contributed by atoms with Crippen molar-refractivity contribution in [3.8, 4) is 0 Å². The van der Waals surface area contributed by atoms with Crippen molar-refractivity contribution in [2.45, 2.75) is 39.2 Å². The van der Waals surface area contributed by atoms with Crippen LogP contribution in [0.15, 0.2) is 4.99 Å². The number of morpholine rings is 1. The summed E-state index contributed by atoms with van der Waals surface area (Å²) in [4.78, 5) is 21.5. The summed E-state index contributed by atoms with van der Waals surface area (Å²) >= 11 is 0. The fourth-order valence-electron chi connectivity index (χ4n) is 4.21. The predicted molar refractivity (Wildman–Crippen MR) is 98.7 cm³/mol. The zero-order valence-electron chi connectivity index (χ0n) is 15.7. The number of carbonyl (C=O) groups is 1. The zero-order valence-corrected chi connectivity index (χ0v) is 15.7. The summed E-state index contributed by atoms with van der Waals surface area (Å²) in [5, 5.41) is 6.48. The molecule has 0 aromatic heterocycles. The quantitative estimate of drug-likeness (QED) is 0.562. The van der Waals surface area contributed by atoms with Crippen LogP contribution in [0.4, 0.5) is 0 Å². The van der Waals surface area contributed by atoms with E-state index >= 15 is 0 Å². The van der Waals surface area contributed by atoms with E-state index in [4.69, 9.17) is 9.73 Å². The van der Waals surface area contributed by atoms with Crippen molar-refractivity contribution in [2.24, 2.45) is 10.4 Å². The highest BCUT2D eigenvalue weighted by atomic mass is 16.5. The number of aliphatic imine (C=N–C) groups is 1. The first-order chi connectivity index (χ1) is 12.1. The van der Waals surface area contributed by atoms with Gasteiger partial charge in [-0.05, 0) is 26.7 Å². The molecule has 2 N–H and O–H groups in total. The number of rotatable bonds is 4. The Bertz CT molecular complexity index is 492. The van der Waals surface area contributed by atoms with E-state index in [2.05, 4.69) is 34.3 Å². The molecule has 3 heterocycles. The van der Waals surface area contributed by atoms with E-state index in [1.165, 1.54) is 0 Å². The molecule has 142 valence electrons. The van der Waals surface area contributed by atoms with Crippen LogP contribution in [0.2, 0.25) is 0 Å². The van der Waals surface area contributed by atoms with E-state index in [0.29, 0.717) is 12.5 Å². The third kappa shape index (κ3) is 4.64. The van der Waals surface area contributed by atoms with Crippen LogP contribution in [-0.4, -0.2) is 86.7 Å². The molecule has 2 atom stereocenters. The predicted octanol–water partition coefficient (Wildman–Crippen LogP) is 0.275. The summed E-state index contributed by atoms with van der Waals surface area (Å²) in [6, 6.07) is 0.422. The average Bonchev–Trinajstić information content (AvgIpc) is 2.99. The minimum absolute atomic E-state index is 0.0986. The second kappa shape index (κ2) is 8.36. The number of nitrogens with zero attached hydrogens (tertiary/aromatic N) is 3. The second-order valence-electron chi connectivity index (χ2n) is 7.67. The molecule has 3 aliphatic heterocycles. The number of guanidine groups is 1. The van der Waals surface area contributed by atoms with E-state index in [0.717, 1.165) is 77.8 Å². The van der Waals surface area contributed by atoms with Crippen molar-refractivity contribution in [1.82, 2.24) is 20.4 Å². The average molecular weight is 351 g/mol. The van der Waals surface area contributed by atoms with Crippen LogP contribution in [-0.2, 0) is 9.53 Å². The summed E-state index contributed by atoms with van der Waals surface area (Å²) in [5.41, 5.74) is 0.0986. The van der Waals surface area contributed by atoms with E-state index < -0.39 is 0 Å². The minimum Gasteiger partial charge on any atom is -0.379 e. The molecule has 1 spiro atoms. The number of hydrogen-bond acceptors (Lipinski definition) is 4. The topological polar surface area (TPSA) is 69.2 Å². The monoisotopic (exact) mass is 351 g/mol. The number of ether oxygens (including phenoxy) is 1. The maximum Gasteiger partial charge on any atom is 0.220 e. The first-order valence-electron chi connectivity index (χ1n) is 9.74. The Balaban J connectivity index is 1.62. The van der Waals surface area contributed by atoms with Crippen molar-refractivity contribution in [1.29, 1.82) is 0 Å². The van der Waals surface area contributed by atoms with Crippen molar-refractivity contribution in [3.05, 3.63) is 0 Å². The minimum atomic E-state index is 0.0986. The Morgan fingerprint density at radius 1 is 1.40 bits per heavy atom. The summed E-state index contributed by atoms with van der Waals surface area (Å²) in [5.74, 6) is 1.20. The molecule has 3 aliphatic rings. The first kappa shape index (κ1) is 18.5. The third-order valence-electron chi connectivity index (χ3n) is 5.67. The van der Waals surface area contributed by atoms with Gasteiger partial charge in [0.15, 0.2) is 5.96 Å². The normalized spacial score (nSPS) is 29.8. The highest BCUT2D eigenvalue weighted by Crippen LogP contribution is 2.35. The molecule has 0 bridgehead atoms. The molecule has 7 nitrogen and oxygen atoms in total. The standard InChI is InChI=1S/C18H33N5O2/c1-3-19-17(20-12-15(2)22-7-9-25-10-8-22)23-6-4-5-18(14-23)11-16(24)21-13-18/h15H,3-14H2,1-2H3,(H,19,20)(H,21,24). The van der Waals surface area contributed by atoms with Crippen LogP contribution < -0.4 is 10.6 Å². The van der Waals surface area contributed by atoms with Gasteiger partial charge in [-0.2, -0.15) is 0 Å². The van der Waals surface area contributed by atoms with E-state index in [1.54, 1.807) is 0 Å². The fourth-order valence-corrected chi connectivity index (χ4v) is 4.21. The van der Waals surface area contributed by atoms with Gasteiger partial charge >= 0.3 is 0 Å². The van der Waals surface area contributed by atoms with Gasteiger partial charge in [-0.3, -0.25) is 14.7 Å². The lowest BCUT2D eigenvalue weighted by Crippen LogP contribution is -2.51. The third-order valence-corrected chi connectivity index (χ3v) is 5.67. The van der Waals surface area contributed by atoms with E-state index in [1.807, 2.05) is 0 Å². The highest BCUT2D eigenvalue weighted by Gasteiger charge is 2.42. The molecule has 25 heavy (non-hydrogen) atoms. The van der Waals surface area contributed by atoms with Gasteiger partial charge < -0.3 is 20.3 Å². The summed E-state index contributed by atoms with van der Waals surface area (Å²) in [6.45, 7) is 12.4. The maximum atomic E-state index is 11.7. The number of hydrogen-bond donors (Lipinski definition) is 2. The van der Waals surface area contributed by atoms with Crippen molar-refractivity contribution in [2.75, 3.05) is 59.0 Å². The smallest absolute Gasteiger partial charge is 0.220 e. The first-order valence-corrected chi connectivity index (χ1v) is 9.74. The molecule has 0 aliphatic carbocycles. The second-order valence-corrected chi connectivity index (χ2v) is 7.67. The molecular formula is C18H33N5O2. The SMILES string of the molecule is CCNC(=NCC(C)N1CCOCC1)N1CCCC2(CNC(=O)C2)C1. The van der Waals surface area contributed by atoms with Crippen LogP contribution >= 0.6 is 0 Å². The Kier molecular flexibility index (Phi) is 6.17. The maximum absolute atomic E-state index is 11.7. The molecule has 0 aromatic rings. The Morgan fingerprint density at radius 3 is 2.88 bits per heavy atom. The van der Waals surface area contributed by atoms with Crippen LogP contribution in [0.5, 0.6) is 0 Å². The lowest BCUT2D eigenvalue weighted by molar-refractivity contribution is -0.119. The molecule has 1 amide bonds. The molecule has 2 unspecified atom stereocenters. The number of nitrogens with one attached hydrogen (secondary N) is 2. The zero-order chi connectivity index (χ0) is 17.7. The molecule has 3 rings (SSSR count). The van der Waals surface area contributed by atoms with Gasteiger partial charge in [-0.25, -0.2) is 0 Å². The Labute approximate surface area is 151 Å². The number of amides is 1. The van der Waals surface area contributed by atoms with Gasteiger partial charge in [0.25, 0.3) is 0 Å². The van der Waals surface area contributed by atoms with Gasteiger partial charge in [-0.15, -0.1) is 0 Å². The van der Waals surface area contributed by atoms with Crippen molar-refractivity contribution < 1.29 is 9.53 Å². The van der Waals surface area contributed by atoms with Crippen LogP contribution in [0, 0.1) is 5.41 Å². The number of carbonyl (C=O) groups excluding carboxylic acids is 1. The van der Waals surface area contributed by atoms with Gasteiger partial charge in [0, 0.05) is 57.1 Å². The van der Waals surface area contributed by atoms with Crippen molar-refractivity contribution in [3.63, 3.8) is 0 Å². The fraction of sp³-hybridized carbons (Fsp3) is 0.889. The Morgan fingerprint density at radius 2 is 2.20 bits per heavy atom. The molecule has 3 saturated heterocycles. The highest BCUT2D eigenvalue weighted by molar-refractivity contribution is 5.81. The lowest BCUT2D eigenvalue weighted by atomic mass is 9.79. The summed E-state index contributed by atoms with van der Waals surface area (Å²) in [7, 11) is 0. The largest absolute Gasteiger partial charge is 0.379 e. The van der Waals surface area contributed by atoms with Crippen molar-refractivity contribution >= 4 is 11.9 Å². The van der Waals surface area contributed by atoms with Crippen LogP contribution in [0.3, 0.4) is 0 Å².